The average molecular weight is 867 g/mol. The van der Waals surface area contributed by atoms with E-state index in [0.717, 1.165) is 56.1 Å². The second kappa shape index (κ2) is 15.1. The van der Waals surface area contributed by atoms with Crippen LogP contribution in [0.4, 0.5) is 34.1 Å². The van der Waals surface area contributed by atoms with E-state index in [-0.39, 0.29) is 0 Å². The molecule has 0 radical (unpaired) electrons. The highest BCUT2D eigenvalue weighted by atomic mass is 16.3. The van der Waals surface area contributed by atoms with E-state index < -0.39 is 5.41 Å². The van der Waals surface area contributed by atoms with E-state index in [1.807, 2.05) is 6.07 Å². The molecular formula is C65H42N2O. The van der Waals surface area contributed by atoms with E-state index in [1.54, 1.807) is 0 Å². The van der Waals surface area contributed by atoms with E-state index >= 15 is 0 Å². The van der Waals surface area contributed by atoms with Gasteiger partial charge in [0.1, 0.15) is 5.58 Å². The Morgan fingerprint density at radius 1 is 0.309 bits per heavy atom. The second-order valence-electron chi connectivity index (χ2n) is 17.9. The van der Waals surface area contributed by atoms with Gasteiger partial charge in [-0.25, -0.2) is 0 Å². The van der Waals surface area contributed by atoms with Crippen LogP contribution in [0, 0.1) is 0 Å². The fourth-order valence-corrected chi connectivity index (χ4v) is 11.7. The summed E-state index contributed by atoms with van der Waals surface area (Å²) in [4.78, 5) is 4.84. The first kappa shape index (κ1) is 38.4. The van der Waals surface area contributed by atoms with Gasteiger partial charge in [0.05, 0.1) is 16.8 Å². The van der Waals surface area contributed by atoms with Crippen LogP contribution in [0.2, 0.25) is 0 Å². The van der Waals surface area contributed by atoms with Crippen molar-refractivity contribution in [2.75, 3.05) is 9.80 Å². The Bertz CT molecular complexity index is 3920. The molecule has 14 rings (SSSR count). The first-order valence-corrected chi connectivity index (χ1v) is 23.4. The summed E-state index contributed by atoms with van der Waals surface area (Å²) in [7, 11) is 0. The van der Waals surface area contributed by atoms with Gasteiger partial charge < -0.3 is 14.2 Å². The Morgan fingerprint density at radius 3 is 1.46 bits per heavy atom. The molecule has 12 aromatic rings. The zero-order chi connectivity index (χ0) is 44.8. The highest BCUT2D eigenvalue weighted by Gasteiger charge is 2.52. The summed E-state index contributed by atoms with van der Waals surface area (Å²) in [5.41, 5.74) is 20.1. The van der Waals surface area contributed by atoms with Crippen molar-refractivity contribution in [2.45, 2.75) is 5.41 Å². The van der Waals surface area contributed by atoms with Crippen LogP contribution in [0.3, 0.4) is 0 Å². The maximum absolute atomic E-state index is 6.76. The van der Waals surface area contributed by atoms with Gasteiger partial charge in [0.2, 0.25) is 0 Å². The fraction of sp³-hybridized carbons (Fsp3) is 0.0154. The molecule has 0 saturated heterocycles. The predicted octanol–water partition coefficient (Wildman–Crippen LogP) is 17.7. The van der Waals surface area contributed by atoms with Crippen LogP contribution < -0.4 is 9.80 Å². The summed E-state index contributed by atoms with van der Waals surface area (Å²) in [5, 5.41) is 4.64. The minimum Gasteiger partial charge on any atom is -0.454 e. The van der Waals surface area contributed by atoms with E-state index in [1.165, 1.54) is 66.4 Å². The summed E-state index contributed by atoms with van der Waals surface area (Å²) >= 11 is 0. The number of nitrogens with zero attached hydrogens (tertiary/aromatic N) is 2. The Morgan fingerprint density at radius 2 is 0.809 bits per heavy atom. The van der Waals surface area contributed by atoms with Gasteiger partial charge in [-0.1, -0.05) is 188 Å². The van der Waals surface area contributed by atoms with E-state index in [0.29, 0.717) is 0 Å². The molecule has 0 bridgehead atoms. The summed E-state index contributed by atoms with van der Waals surface area (Å²) in [6.07, 6.45) is 0. The molecular weight excluding hydrogens is 825 g/mol. The summed E-state index contributed by atoms with van der Waals surface area (Å²) < 4.78 is 6.76. The molecule has 68 heavy (non-hydrogen) atoms. The van der Waals surface area contributed by atoms with Gasteiger partial charge in [0, 0.05) is 39.1 Å². The molecule has 0 amide bonds. The average Bonchev–Trinajstić information content (AvgIpc) is 4.04. The molecule has 11 aromatic carbocycles. The maximum atomic E-state index is 6.76. The van der Waals surface area contributed by atoms with Crippen LogP contribution >= 0.6 is 0 Å². The Balaban J connectivity index is 1.04. The first-order valence-electron chi connectivity index (χ1n) is 23.4. The molecule has 2 aliphatic carbocycles. The quantitative estimate of drug-likeness (QED) is 0.159. The normalized spacial score (nSPS) is 14.2. The number of anilines is 6. The minimum atomic E-state index is -0.619. The lowest BCUT2D eigenvalue weighted by Crippen LogP contribution is -2.26. The number of benzene rings is 11. The van der Waals surface area contributed by atoms with Gasteiger partial charge in [0.25, 0.3) is 0 Å². The zero-order valence-corrected chi connectivity index (χ0v) is 37.1. The molecule has 3 nitrogen and oxygen atoms in total. The molecule has 1 unspecified atom stereocenters. The van der Waals surface area contributed by atoms with E-state index in [9.17, 15) is 0 Å². The van der Waals surface area contributed by atoms with Gasteiger partial charge in [-0.15, -0.1) is 0 Å². The maximum Gasteiger partial charge on any atom is 0.159 e. The lowest BCUT2D eigenvalue weighted by molar-refractivity contribution is 0.669. The second-order valence-corrected chi connectivity index (χ2v) is 17.9. The Hall–Kier alpha value is -8.92. The summed E-state index contributed by atoms with van der Waals surface area (Å²) in [5.74, 6) is 0. The lowest BCUT2D eigenvalue weighted by Gasteiger charge is -2.34. The standard InChI is InChI=1S/C65H42N2O/c1-4-20-44(21-5-1)63-49-26-11-10-19-43(49)35-40-60(63)66(45-22-6-2-7-23-45)47-36-38-52-50-27-12-15-31-56(50)65(58(52)41-47)57-32-16-13-28-51(57)53-39-37-48(42-59(53)65)67(46-24-8-3-9-25-46)61-33-18-30-55-54-29-14-17-34-62(54)68-64(55)61/h1-42H. The molecule has 1 aromatic heterocycles. The van der Waals surface area contributed by atoms with Crippen LogP contribution in [-0.4, -0.2) is 0 Å². The van der Waals surface area contributed by atoms with E-state index in [4.69, 9.17) is 4.42 Å². The van der Waals surface area contributed by atoms with Crippen LogP contribution in [0.15, 0.2) is 259 Å². The molecule has 0 fully saturated rings. The SMILES string of the molecule is c1ccc(-c2c(N(c3ccccc3)c3ccc4c(c3)C3(c5ccccc5-4)c4ccccc4-c4ccc(N(c5ccccc5)c5cccc6c5oc5ccccc56)cc43)ccc3ccccc23)cc1. The smallest absolute Gasteiger partial charge is 0.159 e. The molecule has 1 atom stereocenters. The van der Waals surface area contributed by atoms with Crippen molar-refractivity contribution in [2.24, 2.45) is 0 Å². The van der Waals surface area contributed by atoms with E-state index in [2.05, 4.69) is 259 Å². The molecule has 0 N–H and O–H groups in total. The molecule has 1 spiro atoms. The van der Waals surface area contributed by atoms with Crippen molar-refractivity contribution < 1.29 is 4.42 Å². The molecule has 2 aliphatic rings. The Kier molecular flexibility index (Phi) is 8.50. The number of rotatable bonds is 7. The van der Waals surface area contributed by atoms with Crippen LogP contribution in [0.25, 0.3) is 66.1 Å². The largest absolute Gasteiger partial charge is 0.454 e. The third-order valence-corrected chi connectivity index (χ3v) is 14.4. The van der Waals surface area contributed by atoms with Crippen molar-refractivity contribution in [3.8, 4) is 33.4 Å². The molecule has 0 saturated carbocycles. The lowest BCUT2D eigenvalue weighted by atomic mass is 9.70. The van der Waals surface area contributed by atoms with Crippen molar-refractivity contribution in [1.82, 2.24) is 0 Å². The number of hydrogen-bond donors (Lipinski definition) is 0. The third kappa shape index (κ3) is 5.54. The topological polar surface area (TPSA) is 19.6 Å². The van der Waals surface area contributed by atoms with Crippen LogP contribution in [0.1, 0.15) is 22.3 Å². The molecule has 1 heterocycles. The fourth-order valence-electron chi connectivity index (χ4n) is 11.7. The van der Waals surface area contributed by atoms with Gasteiger partial charge >= 0.3 is 0 Å². The number of furan rings is 1. The van der Waals surface area contributed by atoms with Crippen LogP contribution in [0.5, 0.6) is 0 Å². The predicted molar refractivity (Wildman–Crippen MR) is 282 cm³/mol. The number of fused-ring (bicyclic) bond motifs is 14. The third-order valence-electron chi connectivity index (χ3n) is 14.4. The minimum absolute atomic E-state index is 0.619. The van der Waals surface area contributed by atoms with Crippen molar-refractivity contribution in [3.05, 3.63) is 277 Å². The van der Waals surface area contributed by atoms with Crippen molar-refractivity contribution in [1.29, 1.82) is 0 Å². The highest BCUT2D eigenvalue weighted by Crippen LogP contribution is 2.64. The summed E-state index contributed by atoms with van der Waals surface area (Å²) in [6, 6.07) is 93.1. The van der Waals surface area contributed by atoms with Crippen molar-refractivity contribution in [3.63, 3.8) is 0 Å². The van der Waals surface area contributed by atoms with Gasteiger partial charge in [-0.3, -0.25) is 0 Å². The molecule has 318 valence electrons. The monoisotopic (exact) mass is 866 g/mol. The van der Waals surface area contributed by atoms with Crippen LogP contribution in [-0.2, 0) is 5.41 Å². The highest BCUT2D eigenvalue weighted by molar-refractivity contribution is 6.11. The first-order chi connectivity index (χ1) is 33.8. The van der Waals surface area contributed by atoms with Gasteiger partial charge in [0.15, 0.2) is 5.58 Å². The zero-order valence-electron chi connectivity index (χ0n) is 37.1. The van der Waals surface area contributed by atoms with Gasteiger partial charge in [-0.05, 0) is 128 Å². The van der Waals surface area contributed by atoms with Crippen molar-refractivity contribution >= 4 is 66.8 Å². The Labute approximate surface area is 395 Å². The molecule has 3 heteroatoms. The number of hydrogen-bond acceptors (Lipinski definition) is 3. The summed E-state index contributed by atoms with van der Waals surface area (Å²) in [6.45, 7) is 0. The molecule has 0 aliphatic heterocycles. The van der Waals surface area contributed by atoms with Gasteiger partial charge in [-0.2, -0.15) is 0 Å². The number of para-hydroxylation sites is 4.